The second-order valence-corrected chi connectivity index (χ2v) is 1.80. The van der Waals surface area contributed by atoms with Crippen LogP contribution < -0.4 is 0 Å². The molecule has 0 bridgehead atoms. The fraction of sp³-hybridized carbons (Fsp3) is 1.00. The Balaban J connectivity index is 2.12. The van der Waals surface area contributed by atoms with Gasteiger partial charge >= 0.3 is 0 Å². The minimum atomic E-state index is -0.277. The minimum Gasteiger partial charge on any atom is -0.329 e. The molecule has 0 saturated carbocycles. The molecule has 0 amide bonds. The van der Waals surface area contributed by atoms with Gasteiger partial charge in [-0.2, -0.15) is 0 Å². The third-order valence-electron chi connectivity index (χ3n) is 0.565. The summed E-state index contributed by atoms with van der Waals surface area (Å²) in [4.78, 5) is 0. The largest absolute Gasteiger partial charge is 0.329 e. The quantitative estimate of drug-likeness (QED) is 0.498. The molecule has 1 aliphatic rings. The lowest BCUT2D eigenvalue weighted by Gasteiger charge is -2.17. The van der Waals surface area contributed by atoms with Crippen LogP contribution in [0.15, 0.2) is 0 Å². The number of alkyl halides is 1. The first-order valence-electron chi connectivity index (χ1n) is 1.84. The van der Waals surface area contributed by atoms with E-state index in [4.69, 9.17) is 9.47 Å². The summed E-state index contributed by atoms with van der Waals surface area (Å²) in [5.74, 6) is 0. The Morgan fingerprint density at radius 3 is 2.14 bits per heavy atom. The zero-order chi connectivity index (χ0) is 5.11. The lowest BCUT2D eigenvalue weighted by Crippen LogP contribution is -2.20. The van der Waals surface area contributed by atoms with Gasteiger partial charge in [-0.1, -0.05) is 0 Å². The van der Waals surface area contributed by atoms with Crippen molar-refractivity contribution in [2.75, 3.05) is 13.6 Å². The number of hydrogen-bond acceptors (Lipinski definition) is 3. The van der Waals surface area contributed by atoms with E-state index in [9.17, 15) is 0 Å². The Morgan fingerprint density at radius 2 is 1.86 bits per heavy atom. The van der Waals surface area contributed by atoms with E-state index in [1.807, 2.05) is 0 Å². The molecule has 0 aromatic carbocycles. The first-order chi connectivity index (χ1) is 3.39. The van der Waals surface area contributed by atoms with Crippen molar-refractivity contribution in [2.24, 2.45) is 0 Å². The van der Waals surface area contributed by atoms with Crippen molar-refractivity contribution < 1.29 is 14.2 Å². The molecule has 0 unspecified atom stereocenters. The molecule has 0 aromatic heterocycles. The van der Waals surface area contributed by atoms with Gasteiger partial charge in [0.1, 0.15) is 0 Å². The summed E-state index contributed by atoms with van der Waals surface area (Å²) < 4.78 is 14.2. The zero-order valence-corrected chi connectivity index (χ0v) is 5.18. The topological polar surface area (TPSA) is 27.7 Å². The molecular weight excluding hydrogens is 164 g/mol. The summed E-state index contributed by atoms with van der Waals surface area (Å²) in [6, 6.07) is 0. The van der Waals surface area contributed by atoms with Crippen molar-refractivity contribution in [3.05, 3.63) is 0 Å². The monoisotopic (exact) mass is 168 g/mol. The van der Waals surface area contributed by atoms with Gasteiger partial charge in [0.15, 0.2) is 13.6 Å². The molecule has 1 fully saturated rings. The van der Waals surface area contributed by atoms with Crippen LogP contribution in [-0.2, 0) is 14.2 Å². The number of halogens is 1. The van der Waals surface area contributed by atoms with E-state index in [1.165, 1.54) is 0 Å². The maximum atomic E-state index is 4.75. The van der Waals surface area contributed by atoms with Crippen LogP contribution in [0.4, 0.5) is 0 Å². The SMILES string of the molecule is BrC1OCOCO1. The Labute approximate surface area is 49.7 Å². The molecule has 3 nitrogen and oxygen atoms in total. The fourth-order valence-electron chi connectivity index (χ4n) is 0.285. The molecule has 7 heavy (non-hydrogen) atoms. The number of ether oxygens (including phenoxy) is 3. The second kappa shape index (κ2) is 2.61. The van der Waals surface area contributed by atoms with E-state index in [2.05, 4.69) is 20.7 Å². The highest BCUT2D eigenvalue weighted by Gasteiger charge is 2.07. The summed E-state index contributed by atoms with van der Waals surface area (Å²) in [6.07, 6.45) is 0. The van der Waals surface area contributed by atoms with E-state index < -0.39 is 0 Å². The molecular formula is C3H5BrO3. The Bertz CT molecular complexity index is 52.1. The lowest BCUT2D eigenvalue weighted by molar-refractivity contribution is -0.261. The van der Waals surface area contributed by atoms with Crippen LogP contribution in [0.1, 0.15) is 0 Å². The molecule has 4 heteroatoms. The molecule has 1 saturated heterocycles. The standard InChI is InChI=1S/C3H5BrO3/c4-3-6-1-5-2-7-3/h3H,1-2H2. The molecule has 0 atom stereocenters. The van der Waals surface area contributed by atoms with Crippen LogP contribution in [-0.4, -0.2) is 18.8 Å². The number of rotatable bonds is 0. The molecule has 1 heterocycles. The Kier molecular flexibility index (Phi) is 2.05. The highest BCUT2D eigenvalue weighted by atomic mass is 79.9. The fourth-order valence-corrected chi connectivity index (χ4v) is 0.501. The van der Waals surface area contributed by atoms with E-state index in [-0.39, 0.29) is 5.20 Å². The maximum Gasteiger partial charge on any atom is 0.219 e. The van der Waals surface area contributed by atoms with Crippen molar-refractivity contribution in [3.63, 3.8) is 0 Å². The van der Waals surface area contributed by atoms with Gasteiger partial charge in [0, 0.05) is 0 Å². The maximum absolute atomic E-state index is 4.75. The smallest absolute Gasteiger partial charge is 0.219 e. The first kappa shape index (κ1) is 5.50. The van der Waals surface area contributed by atoms with Crippen molar-refractivity contribution in [1.82, 2.24) is 0 Å². The molecule has 0 N–H and O–H groups in total. The van der Waals surface area contributed by atoms with Crippen molar-refractivity contribution in [1.29, 1.82) is 0 Å². The van der Waals surface area contributed by atoms with Gasteiger partial charge in [-0.15, -0.1) is 0 Å². The van der Waals surface area contributed by atoms with Crippen LogP contribution in [0, 0.1) is 0 Å². The van der Waals surface area contributed by atoms with E-state index in [1.54, 1.807) is 0 Å². The van der Waals surface area contributed by atoms with Gasteiger partial charge in [0.05, 0.1) is 0 Å². The highest BCUT2D eigenvalue weighted by molar-refractivity contribution is 9.09. The summed E-state index contributed by atoms with van der Waals surface area (Å²) in [5, 5.41) is -0.277. The summed E-state index contributed by atoms with van der Waals surface area (Å²) >= 11 is 3.06. The average Bonchev–Trinajstić information content (AvgIpc) is 1.69. The van der Waals surface area contributed by atoms with Gasteiger partial charge in [0.25, 0.3) is 0 Å². The van der Waals surface area contributed by atoms with Gasteiger partial charge in [0.2, 0.25) is 5.20 Å². The van der Waals surface area contributed by atoms with Crippen LogP contribution in [0.2, 0.25) is 0 Å². The van der Waals surface area contributed by atoms with Gasteiger partial charge < -0.3 is 14.2 Å². The third-order valence-corrected chi connectivity index (χ3v) is 1.09. The summed E-state index contributed by atoms with van der Waals surface area (Å²) in [6.45, 7) is 0.631. The lowest BCUT2D eigenvalue weighted by atomic mass is 11.2. The minimum absolute atomic E-state index is 0.277. The van der Waals surface area contributed by atoms with Crippen LogP contribution >= 0.6 is 15.9 Å². The van der Waals surface area contributed by atoms with Gasteiger partial charge in [-0.05, 0) is 15.9 Å². The molecule has 0 spiro atoms. The van der Waals surface area contributed by atoms with Crippen molar-refractivity contribution in [3.8, 4) is 0 Å². The molecule has 0 aliphatic carbocycles. The average molecular weight is 169 g/mol. The molecule has 42 valence electrons. The predicted molar refractivity (Wildman–Crippen MR) is 25.7 cm³/mol. The predicted octanol–water partition coefficient (Wildman–Crippen LogP) is 0.643. The van der Waals surface area contributed by atoms with Gasteiger partial charge in [-0.25, -0.2) is 0 Å². The Morgan fingerprint density at radius 1 is 1.29 bits per heavy atom. The third kappa shape index (κ3) is 1.73. The first-order valence-corrected chi connectivity index (χ1v) is 2.76. The molecule has 1 rings (SSSR count). The van der Waals surface area contributed by atoms with E-state index in [0.29, 0.717) is 13.6 Å². The number of hydrogen-bond donors (Lipinski definition) is 0. The molecule has 0 radical (unpaired) electrons. The second-order valence-electron chi connectivity index (χ2n) is 1.05. The normalized spacial score (nSPS) is 25.3. The van der Waals surface area contributed by atoms with Gasteiger partial charge in [-0.3, -0.25) is 0 Å². The van der Waals surface area contributed by atoms with Crippen molar-refractivity contribution >= 4 is 15.9 Å². The van der Waals surface area contributed by atoms with E-state index >= 15 is 0 Å². The van der Waals surface area contributed by atoms with Crippen LogP contribution in [0.25, 0.3) is 0 Å². The van der Waals surface area contributed by atoms with Crippen LogP contribution in [0.5, 0.6) is 0 Å². The van der Waals surface area contributed by atoms with Crippen LogP contribution in [0.3, 0.4) is 0 Å². The Hall–Kier alpha value is 0.360. The highest BCUT2D eigenvalue weighted by Crippen LogP contribution is 2.07. The van der Waals surface area contributed by atoms with Crippen molar-refractivity contribution in [2.45, 2.75) is 5.20 Å². The molecule has 0 aromatic rings. The van der Waals surface area contributed by atoms with E-state index in [0.717, 1.165) is 0 Å². The summed E-state index contributed by atoms with van der Waals surface area (Å²) in [7, 11) is 0. The summed E-state index contributed by atoms with van der Waals surface area (Å²) in [5.41, 5.74) is 0. The molecule has 1 aliphatic heterocycles. The zero-order valence-electron chi connectivity index (χ0n) is 3.59.